The highest BCUT2D eigenvalue weighted by Gasteiger charge is 2.67. The summed E-state index contributed by atoms with van der Waals surface area (Å²) >= 11 is -1.32. The van der Waals surface area contributed by atoms with E-state index in [-0.39, 0.29) is 35.9 Å². The van der Waals surface area contributed by atoms with Crippen LogP contribution in [0.5, 0.6) is 0 Å². The first kappa shape index (κ1) is 18.8. The molecule has 1 saturated carbocycles. The minimum absolute atomic E-state index is 0.00701. The fourth-order valence-corrected chi connectivity index (χ4v) is 5.82. The average molecular weight is 390 g/mol. The van der Waals surface area contributed by atoms with Crippen molar-refractivity contribution in [2.45, 2.75) is 56.1 Å². The lowest BCUT2D eigenvalue weighted by atomic mass is 10.0. The van der Waals surface area contributed by atoms with Crippen molar-refractivity contribution in [1.29, 1.82) is 0 Å². The highest BCUT2D eigenvalue weighted by atomic mass is 32.2. The summed E-state index contributed by atoms with van der Waals surface area (Å²) in [4.78, 5) is 27.8. The van der Waals surface area contributed by atoms with Crippen molar-refractivity contribution in [1.82, 2.24) is 14.5 Å². The quantitative estimate of drug-likeness (QED) is 0.611. The largest absolute Gasteiger partial charge is 0.593 e. The number of amides is 2. The van der Waals surface area contributed by atoms with Crippen LogP contribution in [0, 0.1) is 18.8 Å². The molecule has 4 rings (SSSR count). The molecule has 1 aromatic carbocycles. The number of nitrogens with zero attached hydrogens (tertiary/aromatic N) is 2. The summed E-state index contributed by atoms with van der Waals surface area (Å²) in [5, 5.41) is 2.70. The molecule has 7 heteroatoms. The Morgan fingerprint density at radius 1 is 1.19 bits per heavy atom. The Morgan fingerprint density at radius 2 is 1.85 bits per heavy atom. The van der Waals surface area contributed by atoms with Gasteiger partial charge in [-0.3, -0.25) is 9.59 Å². The number of likely N-dealkylation sites (tertiary alicyclic amines) is 1. The van der Waals surface area contributed by atoms with E-state index in [1.165, 1.54) is 0 Å². The zero-order valence-electron chi connectivity index (χ0n) is 16.1. The van der Waals surface area contributed by atoms with E-state index in [1.54, 1.807) is 7.05 Å². The van der Waals surface area contributed by atoms with Crippen LogP contribution in [-0.2, 0) is 21.0 Å². The van der Waals surface area contributed by atoms with E-state index in [0.29, 0.717) is 18.9 Å². The van der Waals surface area contributed by atoms with Crippen molar-refractivity contribution in [2.24, 2.45) is 11.8 Å². The molecule has 146 valence electrons. The predicted octanol–water partition coefficient (Wildman–Crippen LogP) is 1.46. The Hall–Kier alpha value is -1.57. The molecule has 1 N–H and O–H groups in total. The lowest BCUT2D eigenvalue weighted by Crippen LogP contribution is -2.43. The number of benzene rings is 1. The van der Waals surface area contributed by atoms with Gasteiger partial charge < -0.3 is 14.8 Å². The first-order valence-corrected chi connectivity index (χ1v) is 10.8. The first-order chi connectivity index (χ1) is 12.9. The van der Waals surface area contributed by atoms with E-state index in [1.807, 2.05) is 47.3 Å². The van der Waals surface area contributed by atoms with Crippen molar-refractivity contribution in [3.8, 4) is 0 Å². The molecule has 0 spiro atoms. The molecule has 0 aromatic heterocycles. The molecule has 0 radical (unpaired) electrons. The number of carbonyl (C=O) groups excluding carboxylic acids is 2. The molecule has 0 bridgehead atoms. The van der Waals surface area contributed by atoms with E-state index in [4.69, 9.17) is 0 Å². The topological polar surface area (TPSA) is 75.5 Å². The molecular formula is C20H27N3O3S. The molecule has 2 heterocycles. The van der Waals surface area contributed by atoms with Gasteiger partial charge in [-0.2, -0.15) is 0 Å². The highest BCUT2D eigenvalue weighted by molar-refractivity contribution is 7.89. The van der Waals surface area contributed by atoms with Crippen LogP contribution in [0.1, 0.15) is 31.7 Å². The third kappa shape index (κ3) is 3.37. The van der Waals surface area contributed by atoms with E-state index >= 15 is 0 Å². The maximum Gasteiger partial charge on any atom is 0.246 e. The monoisotopic (exact) mass is 389 g/mol. The molecule has 1 aliphatic carbocycles. The minimum Gasteiger partial charge on any atom is -0.593 e. The van der Waals surface area contributed by atoms with Gasteiger partial charge in [-0.05, 0) is 51.2 Å². The lowest BCUT2D eigenvalue weighted by Gasteiger charge is -2.24. The van der Waals surface area contributed by atoms with Gasteiger partial charge in [0.2, 0.25) is 11.8 Å². The van der Waals surface area contributed by atoms with Gasteiger partial charge in [-0.25, -0.2) is 0 Å². The zero-order chi connectivity index (χ0) is 19.3. The summed E-state index contributed by atoms with van der Waals surface area (Å²) in [6.45, 7) is 4.54. The average Bonchev–Trinajstić information content (AvgIpc) is 3.56. The fourth-order valence-electron chi connectivity index (χ4n) is 4.33. The number of aryl methyl sites for hydroxylation is 1. The fraction of sp³-hybridized carbons (Fsp3) is 0.600. The summed E-state index contributed by atoms with van der Waals surface area (Å²) in [7, 11) is 1.63. The Balaban J connectivity index is 1.49. The van der Waals surface area contributed by atoms with E-state index in [0.717, 1.165) is 23.3 Å². The zero-order valence-corrected chi connectivity index (χ0v) is 16.9. The smallest absolute Gasteiger partial charge is 0.246 e. The standard InChI is InChI=1S/C20H27N3O3S/c1-12-4-8-15(9-5-12)27(26)23-17(14-6-7-14)18(23)20(25)22-11-10-16(13(22)2)19(24)21-3/h4-5,8-9,13-14,16-18H,6-7,10-11H2,1-3H3,(H,21,24)/t13?,16?,17-,18-,23?,27-/m1/s1. The summed E-state index contributed by atoms with van der Waals surface area (Å²) < 4.78 is 15.0. The summed E-state index contributed by atoms with van der Waals surface area (Å²) in [6.07, 6.45) is 2.90. The van der Waals surface area contributed by atoms with Crippen molar-refractivity contribution in [2.75, 3.05) is 13.6 Å². The molecule has 6 atom stereocenters. The second kappa shape index (κ2) is 7.11. The normalized spacial score (nSPS) is 33.6. The van der Waals surface area contributed by atoms with Gasteiger partial charge in [-0.15, -0.1) is 4.31 Å². The number of hydrogen-bond acceptors (Lipinski definition) is 4. The first-order valence-electron chi connectivity index (χ1n) is 9.73. The summed E-state index contributed by atoms with van der Waals surface area (Å²) in [5.74, 6) is 0.341. The maximum absolute atomic E-state index is 13.2. The lowest BCUT2D eigenvalue weighted by molar-refractivity contribution is -0.133. The number of nitrogens with one attached hydrogen (secondary N) is 1. The Bertz CT molecular complexity index is 736. The van der Waals surface area contributed by atoms with Crippen LogP contribution in [0.4, 0.5) is 0 Å². The SMILES string of the molecule is CNC(=O)C1CCN(C(=O)[C@H]2[C@@H](C3CC3)N2[S@+]([O-])c2ccc(C)cc2)C1C. The highest BCUT2D eigenvalue weighted by Crippen LogP contribution is 2.50. The van der Waals surface area contributed by atoms with Crippen LogP contribution >= 0.6 is 0 Å². The molecule has 3 unspecified atom stereocenters. The van der Waals surface area contributed by atoms with Crippen molar-refractivity contribution in [3.63, 3.8) is 0 Å². The third-order valence-electron chi connectivity index (χ3n) is 6.20. The molecule has 2 amide bonds. The summed E-state index contributed by atoms with van der Waals surface area (Å²) in [6, 6.07) is 7.32. The third-order valence-corrected chi connectivity index (χ3v) is 7.72. The van der Waals surface area contributed by atoms with Gasteiger partial charge >= 0.3 is 0 Å². The second-order valence-corrected chi connectivity index (χ2v) is 9.37. The van der Waals surface area contributed by atoms with Crippen molar-refractivity contribution >= 4 is 23.2 Å². The molecule has 6 nitrogen and oxygen atoms in total. The molecule has 3 aliphatic rings. The van der Waals surface area contributed by atoms with Crippen LogP contribution in [0.25, 0.3) is 0 Å². The number of hydrogen-bond donors (Lipinski definition) is 1. The van der Waals surface area contributed by atoms with Gasteiger partial charge in [0, 0.05) is 19.6 Å². The second-order valence-electron chi connectivity index (χ2n) is 7.98. The van der Waals surface area contributed by atoms with Gasteiger partial charge in [0.05, 0.1) is 23.3 Å². The predicted molar refractivity (Wildman–Crippen MR) is 103 cm³/mol. The summed E-state index contributed by atoms with van der Waals surface area (Å²) in [5.41, 5.74) is 1.12. The van der Waals surface area contributed by atoms with Gasteiger partial charge in [-0.1, -0.05) is 17.7 Å². The van der Waals surface area contributed by atoms with Gasteiger partial charge in [0.15, 0.2) is 10.9 Å². The molecule has 3 fully saturated rings. The maximum atomic E-state index is 13.2. The number of carbonyl (C=O) groups is 2. The van der Waals surface area contributed by atoms with Crippen LogP contribution in [-0.4, -0.2) is 57.3 Å². The number of rotatable bonds is 5. The molecule has 1 aromatic rings. The van der Waals surface area contributed by atoms with Crippen LogP contribution in [0.3, 0.4) is 0 Å². The van der Waals surface area contributed by atoms with Crippen LogP contribution in [0.2, 0.25) is 0 Å². The van der Waals surface area contributed by atoms with Gasteiger partial charge in [0.1, 0.15) is 0 Å². The van der Waals surface area contributed by atoms with Crippen molar-refractivity contribution in [3.05, 3.63) is 29.8 Å². The molecule has 2 saturated heterocycles. The minimum atomic E-state index is -1.32. The van der Waals surface area contributed by atoms with E-state index in [2.05, 4.69) is 5.32 Å². The molecule has 2 aliphatic heterocycles. The Kier molecular flexibility index (Phi) is 4.94. The van der Waals surface area contributed by atoms with E-state index < -0.39 is 11.4 Å². The van der Waals surface area contributed by atoms with Crippen molar-refractivity contribution < 1.29 is 14.1 Å². The van der Waals surface area contributed by atoms with Crippen LogP contribution < -0.4 is 5.32 Å². The Morgan fingerprint density at radius 3 is 2.44 bits per heavy atom. The molecular weight excluding hydrogens is 362 g/mol. The van der Waals surface area contributed by atoms with Crippen LogP contribution in [0.15, 0.2) is 29.2 Å². The molecule has 27 heavy (non-hydrogen) atoms. The van der Waals surface area contributed by atoms with Gasteiger partial charge in [0.25, 0.3) is 0 Å². The Labute approximate surface area is 163 Å². The van der Waals surface area contributed by atoms with E-state index in [9.17, 15) is 14.1 Å².